The summed E-state index contributed by atoms with van der Waals surface area (Å²) in [5.74, 6) is -0.829. The number of hydrogen-bond donors (Lipinski definition) is 1. The minimum atomic E-state index is -4.44. The molecule has 74 valence electrons. The molecule has 1 aromatic rings. The van der Waals surface area contributed by atoms with E-state index in [9.17, 15) is 13.2 Å². The first-order valence-corrected chi connectivity index (χ1v) is 3.41. The van der Waals surface area contributed by atoms with Crippen LogP contribution in [0.5, 0.6) is 0 Å². The number of nitrogens with zero attached hydrogens (tertiary/aromatic N) is 2. The summed E-state index contributed by atoms with van der Waals surface area (Å²) in [4.78, 5) is 3.33. The van der Waals surface area contributed by atoms with Gasteiger partial charge < -0.3 is 10.3 Å². The number of rotatable bonds is 1. The van der Waals surface area contributed by atoms with Gasteiger partial charge in [-0.2, -0.15) is 18.2 Å². The quantitative estimate of drug-likeness (QED) is 0.737. The fourth-order valence-corrected chi connectivity index (χ4v) is 0.610. The number of hydrogen-bond acceptors (Lipinski definition) is 4. The zero-order valence-corrected chi connectivity index (χ0v) is 7.01. The molecule has 0 amide bonds. The van der Waals surface area contributed by atoms with Crippen LogP contribution >= 0.6 is 0 Å². The maximum absolute atomic E-state index is 12.4. The summed E-state index contributed by atoms with van der Waals surface area (Å²) in [5.41, 5.74) is 2.87. The van der Waals surface area contributed by atoms with Crippen LogP contribution in [-0.4, -0.2) is 16.3 Å². The van der Waals surface area contributed by atoms with E-state index < -0.39 is 17.5 Å². The number of anilines is 1. The Labute approximate surface area is 71.9 Å². The molecular formula is C6H8F3N3O. The van der Waals surface area contributed by atoms with E-state index in [0.29, 0.717) is 0 Å². The van der Waals surface area contributed by atoms with Crippen molar-refractivity contribution in [2.45, 2.75) is 25.4 Å². The third-order valence-electron chi connectivity index (χ3n) is 1.69. The normalized spacial score (nSPS) is 13.3. The molecule has 1 rings (SSSR count). The Kier molecular flexibility index (Phi) is 1.97. The van der Waals surface area contributed by atoms with Crippen LogP contribution in [0, 0.1) is 0 Å². The Morgan fingerprint density at radius 2 is 1.85 bits per heavy atom. The summed E-state index contributed by atoms with van der Waals surface area (Å²) in [6, 6.07) is 0. The Bertz CT molecular complexity index is 304. The van der Waals surface area contributed by atoms with E-state index in [-0.39, 0.29) is 5.95 Å². The molecule has 4 nitrogen and oxygen atoms in total. The number of nitrogens with two attached hydrogens (primary N) is 1. The molecule has 13 heavy (non-hydrogen) atoms. The minimum Gasteiger partial charge on any atom is -0.365 e. The first-order valence-electron chi connectivity index (χ1n) is 3.41. The van der Waals surface area contributed by atoms with E-state index in [1.54, 1.807) is 0 Å². The molecule has 0 atom stereocenters. The van der Waals surface area contributed by atoms with Crippen molar-refractivity contribution < 1.29 is 17.7 Å². The standard InChI is InChI=1S/C6H8F3N3O/c1-5(2,6(7,8)9)3-11-4(10)12-13-3/h1-2H3,(H2,10,12). The second kappa shape index (κ2) is 2.61. The number of nitrogen functional groups attached to an aromatic ring is 1. The minimum absolute atomic E-state index is 0.299. The lowest BCUT2D eigenvalue weighted by atomic mass is 9.93. The second-order valence-corrected chi connectivity index (χ2v) is 3.08. The van der Waals surface area contributed by atoms with Gasteiger partial charge in [-0.15, -0.1) is 0 Å². The van der Waals surface area contributed by atoms with Gasteiger partial charge in [-0.3, -0.25) is 0 Å². The highest BCUT2D eigenvalue weighted by atomic mass is 19.4. The Morgan fingerprint density at radius 3 is 2.15 bits per heavy atom. The summed E-state index contributed by atoms with van der Waals surface area (Å²) in [6.07, 6.45) is -4.44. The number of alkyl halides is 3. The molecule has 1 aromatic heterocycles. The zero-order valence-electron chi connectivity index (χ0n) is 7.01. The average Bonchev–Trinajstić information content (AvgIpc) is 2.33. The van der Waals surface area contributed by atoms with Gasteiger partial charge in [0, 0.05) is 0 Å². The second-order valence-electron chi connectivity index (χ2n) is 3.08. The third-order valence-corrected chi connectivity index (χ3v) is 1.69. The first-order chi connectivity index (χ1) is 5.75. The van der Waals surface area contributed by atoms with Crippen LogP contribution in [0.1, 0.15) is 19.7 Å². The smallest absolute Gasteiger partial charge is 0.365 e. The summed E-state index contributed by atoms with van der Waals surface area (Å²) in [6.45, 7) is 1.89. The highest BCUT2D eigenvalue weighted by Gasteiger charge is 2.52. The van der Waals surface area contributed by atoms with Crippen molar-refractivity contribution in [1.29, 1.82) is 0 Å². The Hall–Kier alpha value is -1.27. The van der Waals surface area contributed by atoms with Crippen LogP contribution in [0.4, 0.5) is 19.1 Å². The zero-order chi connectivity index (χ0) is 10.3. The van der Waals surface area contributed by atoms with Gasteiger partial charge in [0.25, 0.3) is 5.95 Å². The molecule has 2 N–H and O–H groups in total. The van der Waals surface area contributed by atoms with E-state index >= 15 is 0 Å². The lowest BCUT2D eigenvalue weighted by Crippen LogP contribution is -2.36. The molecular weight excluding hydrogens is 187 g/mol. The molecule has 0 aromatic carbocycles. The predicted octanol–water partition coefficient (Wildman–Crippen LogP) is 1.49. The highest BCUT2D eigenvalue weighted by molar-refractivity contribution is 5.15. The van der Waals surface area contributed by atoms with Gasteiger partial charge in [0.1, 0.15) is 5.41 Å². The summed E-state index contributed by atoms with van der Waals surface area (Å²) < 4.78 is 41.4. The van der Waals surface area contributed by atoms with Crippen LogP contribution in [0.25, 0.3) is 0 Å². The molecule has 0 radical (unpaired) electrons. The molecule has 7 heteroatoms. The van der Waals surface area contributed by atoms with Crippen molar-refractivity contribution in [3.63, 3.8) is 0 Å². The molecule has 0 spiro atoms. The van der Waals surface area contributed by atoms with Crippen molar-refractivity contribution >= 4 is 5.95 Å². The molecule has 0 unspecified atom stereocenters. The third kappa shape index (κ3) is 1.58. The van der Waals surface area contributed by atoms with Crippen molar-refractivity contribution in [3.05, 3.63) is 5.89 Å². The van der Waals surface area contributed by atoms with Gasteiger partial charge >= 0.3 is 6.18 Å². The van der Waals surface area contributed by atoms with Crippen LogP contribution < -0.4 is 5.73 Å². The fraction of sp³-hybridized carbons (Fsp3) is 0.667. The fourth-order valence-electron chi connectivity index (χ4n) is 0.610. The van der Waals surface area contributed by atoms with E-state index in [2.05, 4.69) is 14.7 Å². The van der Waals surface area contributed by atoms with Crippen molar-refractivity contribution in [2.75, 3.05) is 5.73 Å². The van der Waals surface area contributed by atoms with Crippen LogP contribution in [0.3, 0.4) is 0 Å². The van der Waals surface area contributed by atoms with Crippen LogP contribution in [-0.2, 0) is 5.41 Å². The summed E-state index contributed by atoms with van der Waals surface area (Å²) >= 11 is 0. The van der Waals surface area contributed by atoms with E-state index in [1.165, 1.54) is 0 Å². The molecule has 0 saturated carbocycles. The van der Waals surface area contributed by atoms with Gasteiger partial charge in [-0.05, 0) is 19.0 Å². The van der Waals surface area contributed by atoms with Gasteiger partial charge in [0.2, 0.25) is 5.89 Å². The van der Waals surface area contributed by atoms with Gasteiger partial charge in [0.15, 0.2) is 0 Å². The van der Waals surface area contributed by atoms with Crippen molar-refractivity contribution in [3.8, 4) is 0 Å². The topological polar surface area (TPSA) is 64.9 Å². The average molecular weight is 195 g/mol. The Balaban J connectivity index is 3.07. The van der Waals surface area contributed by atoms with E-state index in [4.69, 9.17) is 5.73 Å². The predicted molar refractivity (Wildman–Crippen MR) is 37.8 cm³/mol. The van der Waals surface area contributed by atoms with Gasteiger partial charge in [-0.1, -0.05) is 0 Å². The molecule has 1 heterocycles. The van der Waals surface area contributed by atoms with E-state index in [0.717, 1.165) is 13.8 Å². The molecule has 0 saturated heterocycles. The van der Waals surface area contributed by atoms with Crippen LogP contribution in [0.2, 0.25) is 0 Å². The summed E-state index contributed by atoms with van der Waals surface area (Å²) in [7, 11) is 0. The van der Waals surface area contributed by atoms with Crippen molar-refractivity contribution in [2.24, 2.45) is 0 Å². The van der Waals surface area contributed by atoms with E-state index in [1.807, 2.05) is 0 Å². The molecule has 0 aliphatic carbocycles. The highest BCUT2D eigenvalue weighted by Crippen LogP contribution is 2.39. The largest absolute Gasteiger partial charge is 0.402 e. The first kappa shape index (κ1) is 9.82. The van der Waals surface area contributed by atoms with Crippen molar-refractivity contribution in [1.82, 2.24) is 10.1 Å². The SMILES string of the molecule is CC(C)(c1nc(N)no1)C(F)(F)F. The van der Waals surface area contributed by atoms with Gasteiger partial charge in [-0.25, -0.2) is 0 Å². The lowest BCUT2D eigenvalue weighted by Gasteiger charge is -2.22. The summed E-state index contributed by atoms with van der Waals surface area (Å²) in [5, 5.41) is 3.09. The molecule has 0 bridgehead atoms. The Morgan fingerprint density at radius 1 is 1.31 bits per heavy atom. The molecule has 0 fully saturated rings. The number of aromatic nitrogens is 2. The monoisotopic (exact) mass is 195 g/mol. The van der Waals surface area contributed by atoms with Crippen LogP contribution in [0.15, 0.2) is 4.52 Å². The molecule has 0 aliphatic heterocycles. The lowest BCUT2D eigenvalue weighted by molar-refractivity contribution is -0.186. The maximum Gasteiger partial charge on any atom is 0.402 e. The molecule has 0 aliphatic rings. The number of halogens is 3. The maximum atomic E-state index is 12.4. The van der Waals surface area contributed by atoms with Gasteiger partial charge in [0.05, 0.1) is 0 Å².